The minimum atomic E-state index is -0.475. The number of imidazole rings is 1. The standard InChI is InChI=1S/C20H22N4O3/c1-4-12(2)18(19-21-15-9-5-6-10-16(15)22-19)23-20(25)14-8-7-11-17(13(14)3)24(26)27/h5-12,18H,4H2,1-3H3,(H,21,22)(H,23,25). The molecule has 0 bridgehead atoms. The fraction of sp³-hybridized carbons (Fsp3) is 0.300. The predicted octanol–water partition coefficient (Wildman–Crippen LogP) is 4.30. The van der Waals surface area contributed by atoms with Crippen molar-refractivity contribution in [2.24, 2.45) is 5.92 Å². The van der Waals surface area contributed by atoms with Crippen molar-refractivity contribution < 1.29 is 9.72 Å². The molecule has 27 heavy (non-hydrogen) atoms. The summed E-state index contributed by atoms with van der Waals surface area (Å²) in [4.78, 5) is 31.5. The van der Waals surface area contributed by atoms with E-state index < -0.39 is 4.92 Å². The first kappa shape index (κ1) is 18.6. The van der Waals surface area contributed by atoms with Gasteiger partial charge in [-0.05, 0) is 31.0 Å². The quantitative estimate of drug-likeness (QED) is 0.502. The van der Waals surface area contributed by atoms with Crippen molar-refractivity contribution in [1.82, 2.24) is 15.3 Å². The predicted molar refractivity (Wildman–Crippen MR) is 104 cm³/mol. The van der Waals surface area contributed by atoms with Crippen molar-refractivity contribution in [3.8, 4) is 0 Å². The van der Waals surface area contributed by atoms with Gasteiger partial charge >= 0.3 is 0 Å². The third kappa shape index (κ3) is 3.67. The summed E-state index contributed by atoms with van der Waals surface area (Å²) >= 11 is 0. The van der Waals surface area contributed by atoms with Crippen LogP contribution in [0.3, 0.4) is 0 Å². The number of para-hydroxylation sites is 2. The second-order valence-electron chi connectivity index (χ2n) is 6.68. The molecule has 2 atom stereocenters. The molecule has 1 aromatic heterocycles. The Labute approximate surface area is 157 Å². The van der Waals surface area contributed by atoms with Crippen molar-refractivity contribution in [2.75, 3.05) is 0 Å². The Morgan fingerprint density at radius 1 is 1.26 bits per heavy atom. The third-order valence-electron chi connectivity index (χ3n) is 4.95. The van der Waals surface area contributed by atoms with Gasteiger partial charge in [0.1, 0.15) is 5.82 Å². The lowest BCUT2D eigenvalue weighted by Gasteiger charge is -2.23. The van der Waals surface area contributed by atoms with Crippen LogP contribution in [0.25, 0.3) is 11.0 Å². The molecule has 3 rings (SSSR count). The molecule has 0 spiro atoms. The Bertz CT molecular complexity index is 963. The number of nitrogens with one attached hydrogen (secondary N) is 2. The zero-order chi connectivity index (χ0) is 19.6. The van der Waals surface area contributed by atoms with Crippen LogP contribution < -0.4 is 5.32 Å². The number of hydrogen-bond acceptors (Lipinski definition) is 4. The number of hydrogen-bond donors (Lipinski definition) is 2. The Balaban J connectivity index is 1.94. The SMILES string of the molecule is CCC(C)C(NC(=O)c1cccc([N+](=O)[O-])c1C)c1nc2ccccc2[nH]1. The Hall–Kier alpha value is -3.22. The van der Waals surface area contributed by atoms with Gasteiger partial charge in [0.15, 0.2) is 0 Å². The molecular weight excluding hydrogens is 344 g/mol. The Morgan fingerprint density at radius 3 is 2.67 bits per heavy atom. The molecule has 0 aliphatic heterocycles. The molecule has 2 aromatic carbocycles. The van der Waals surface area contributed by atoms with Gasteiger partial charge < -0.3 is 10.3 Å². The maximum atomic E-state index is 12.9. The maximum Gasteiger partial charge on any atom is 0.273 e. The summed E-state index contributed by atoms with van der Waals surface area (Å²) in [6, 6.07) is 11.9. The second-order valence-corrected chi connectivity index (χ2v) is 6.68. The summed E-state index contributed by atoms with van der Waals surface area (Å²) in [5, 5.41) is 14.2. The second kappa shape index (κ2) is 7.57. The molecule has 0 aliphatic carbocycles. The molecule has 2 N–H and O–H groups in total. The first-order valence-corrected chi connectivity index (χ1v) is 8.91. The van der Waals surface area contributed by atoms with Crippen LogP contribution in [0.5, 0.6) is 0 Å². The van der Waals surface area contributed by atoms with Crippen LogP contribution in [0.1, 0.15) is 48.1 Å². The number of nitro benzene ring substituents is 1. The molecule has 0 fully saturated rings. The van der Waals surface area contributed by atoms with E-state index in [2.05, 4.69) is 15.3 Å². The van der Waals surface area contributed by atoms with Crippen molar-refractivity contribution in [3.63, 3.8) is 0 Å². The van der Waals surface area contributed by atoms with Crippen LogP contribution in [0.4, 0.5) is 5.69 Å². The van der Waals surface area contributed by atoms with E-state index in [1.165, 1.54) is 12.1 Å². The van der Waals surface area contributed by atoms with Crippen LogP contribution in [0, 0.1) is 23.0 Å². The molecule has 0 aliphatic rings. The number of fused-ring (bicyclic) bond motifs is 1. The molecule has 7 nitrogen and oxygen atoms in total. The topological polar surface area (TPSA) is 101 Å². The summed E-state index contributed by atoms with van der Waals surface area (Å²) < 4.78 is 0. The van der Waals surface area contributed by atoms with E-state index in [4.69, 9.17) is 0 Å². The zero-order valence-electron chi connectivity index (χ0n) is 15.5. The monoisotopic (exact) mass is 366 g/mol. The van der Waals surface area contributed by atoms with Gasteiger partial charge in [0.05, 0.1) is 22.0 Å². The van der Waals surface area contributed by atoms with Gasteiger partial charge in [-0.3, -0.25) is 14.9 Å². The zero-order valence-corrected chi connectivity index (χ0v) is 15.5. The van der Waals surface area contributed by atoms with E-state index in [1.807, 2.05) is 38.1 Å². The Kier molecular flexibility index (Phi) is 5.21. The van der Waals surface area contributed by atoms with E-state index in [0.717, 1.165) is 17.5 Å². The first-order chi connectivity index (χ1) is 12.9. The molecule has 2 unspecified atom stereocenters. The van der Waals surface area contributed by atoms with Crippen molar-refractivity contribution in [2.45, 2.75) is 33.2 Å². The van der Waals surface area contributed by atoms with Crippen LogP contribution in [-0.4, -0.2) is 20.8 Å². The Morgan fingerprint density at radius 2 is 2.00 bits per heavy atom. The molecular formula is C20H22N4O3. The summed E-state index contributed by atoms with van der Waals surface area (Å²) in [5.41, 5.74) is 2.33. The number of aromatic amines is 1. The molecule has 140 valence electrons. The lowest BCUT2D eigenvalue weighted by Crippen LogP contribution is -2.33. The number of benzene rings is 2. The van der Waals surface area contributed by atoms with Crippen molar-refractivity contribution in [1.29, 1.82) is 0 Å². The highest BCUT2D eigenvalue weighted by molar-refractivity contribution is 5.96. The van der Waals surface area contributed by atoms with Gasteiger partial charge in [-0.25, -0.2) is 4.98 Å². The summed E-state index contributed by atoms with van der Waals surface area (Å²) in [7, 11) is 0. The minimum Gasteiger partial charge on any atom is -0.342 e. The number of carbonyl (C=O) groups is 1. The number of H-pyrrole nitrogens is 1. The lowest BCUT2D eigenvalue weighted by atomic mass is 9.97. The molecule has 1 amide bonds. The number of aromatic nitrogens is 2. The van der Waals surface area contributed by atoms with Crippen LogP contribution in [0.2, 0.25) is 0 Å². The average Bonchev–Trinajstić information content (AvgIpc) is 3.09. The average molecular weight is 366 g/mol. The van der Waals surface area contributed by atoms with Gasteiger partial charge in [0.25, 0.3) is 11.6 Å². The fourth-order valence-corrected chi connectivity index (χ4v) is 3.12. The van der Waals surface area contributed by atoms with Gasteiger partial charge in [-0.2, -0.15) is 0 Å². The molecule has 3 aromatic rings. The summed E-state index contributed by atoms with van der Waals surface area (Å²) in [6.07, 6.45) is 0.843. The summed E-state index contributed by atoms with van der Waals surface area (Å²) in [6.45, 7) is 5.68. The molecule has 0 saturated carbocycles. The van der Waals surface area contributed by atoms with E-state index in [0.29, 0.717) is 17.0 Å². The van der Waals surface area contributed by atoms with Crippen molar-refractivity contribution >= 4 is 22.6 Å². The minimum absolute atomic E-state index is 0.0634. The number of nitrogens with zero attached hydrogens (tertiary/aromatic N) is 2. The van der Waals surface area contributed by atoms with Crippen LogP contribution in [-0.2, 0) is 0 Å². The van der Waals surface area contributed by atoms with Gasteiger partial charge in [0.2, 0.25) is 0 Å². The number of carbonyl (C=O) groups excluding carboxylic acids is 1. The maximum absolute atomic E-state index is 12.9. The fourth-order valence-electron chi connectivity index (χ4n) is 3.12. The highest BCUT2D eigenvalue weighted by Crippen LogP contribution is 2.26. The molecule has 0 radical (unpaired) electrons. The highest BCUT2D eigenvalue weighted by atomic mass is 16.6. The van der Waals surface area contributed by atoms with Gasteiger partial charge in [-0.1, -0.05) is 38.5 Å². The first-order valence-electron chi connectivity index (χ1n) is 8.91. The van der Waals surface area contributed by atoms with E-state index >= 15 is 0 Å². The normalized spacial score (nSPS) is 13.3. The van der Waals surface area contributed by atoms with Crippen LogP contribution in [0.15, 0.2) is 42.5 Å². The van der Waals surface area contributed by atoms with E-state index in [1.54, 1.807) is 13.0 Å². The van der Waals surface area contributed by atoms with Gasteiger partial charge in [0, 0.05) is 17.2 Å². The molecule has 1 heterocycles. The largest absolute Gasteiger partial charge is 0.342 e. The molecule has 0 saturated heterocycles. The van der Waals surface area contributed by atoms with E-state index in [-0.39, 0.29) is 23.6 Å². The highest BCUT2D eigenvalue weighted by Gasteiger charge is 2.26. The van der Waals surface area contributed by atoms with Crippen LogP contribution >= 0.6 is 0 Å². The van der Waals surface area contributed by atoms with E-state index in [9.17, 15) is 14.9 Å². The van der Waals surface area contributed by atoms with Gasteiger partial charge in [-0.15, -0.1) is 0 Å². The summed E-state index contributed by atoms with van der Waals surface area (Å²) in [5.74, 6) is 0.470. The number of amides is 1. The third-order valence-corrected chi connectivity index (χ3v) is 4.95. The molecule has 7 heteroatoms. The smallest absolute Gasteiger partial charge is 0.273 e. The van der Waals surface area contributed by atoms with Crippen molar-refractivity contribution in [3.05, 3.63) is 69.5 Å². The lowest BCUT2D eigenvalue weighted by molar-refractivity contribution is -0.385. The number of nitro groups is 1. The number of rotatable bonds is 6.